The van der Waals surface area contributed by atoms with Gasteiger partial charge in [-0.15, -0.1) is 0 Å². The minimum Gasteiger partial charge on any atom is -0.385 e. The van der Waals surface area contributed by atoms with Gasteiger partial charge < -0.3 is 4.74 Å². The Hall–Kier alpha value is -1.04. The molecule has 0 fully saturated rings. The Labute approximate surface area is 93.6 Å². The van der Waals surface area contributed by atoms with E-state index in [1.54, 1.807) is 7.11 Å². The molecule has 0 aliphatic carbocycles. The Kier molecular flexibility index (Phi) is 5.31. The van der Waals surface area contributed by atoms with E-state index in [-0.39, 0.29) is 5.56 Å². The molecule has 3 N–H and O–H groups in total. The maximum absolute atomic E-state index is 13.4. The highest BCUT2D eigenvalue weighted by molar-refractivity contribution is 5.22. The number of benzene rings is 1. The van der Waals surface area contributed by atoms with E-state index in [2.05, 4.69) is 5.43 Å². The fourth-order valence-corrected chi connectivity index (χ4v) is 1.55. The van der Waals surface area contributed by atoms with Crippen LogP contribution in [0.2, 0.25) is 0 Å². The van der Waals surface area contributed by atoms with Crippen LogP contribution in [0.3, 0.4) is 0 Å². The fraction of sp³-hybridized carbons (Fsp3) is 0.455. The molecule has 1 unspecified atom stereocenters. The lowest BCUT2D eigenvalue weighted by molar-refractivity contribution is 0.188. The maximum Gasteiger partial charge on any atom is 0.163 e. The van der Waals surface area contributed by atoms with Crippen molar-refractivity contribution in [2.24, 2.45) is 5.84 Å². The van der Waals surface area contributed by atoms with Crippen LogP contribution >= 0.6 is 0 Å². The number of ether oxygens (including phenoxy) is 1. The molecule has 1 aromatic rings. The fourth-order valence-electron chi connectivity index (χ4n) is 1.55. The molecule has 16 heavy (non-hydrogen) atoms. The van der Waals surface area contributed by atoms with Crippen LogP contribution in [0.1, 0.15) is 24.4 Å². The maximum atomic E-state index is 13.4. The first-order valence-corrected chi connectivity index (χ1v) is 5.09. The van der Waals surface area contributed by atoms with E-state index < -0.39 is 17.7 Å². The lowest BCUT2D eigenvalue weighted by Gasteiger charge is -2.16. The van der Waals surface area contributed by atoms with Crippen molar-refractivity contribution in [2.75, 3.05) is 13.7 Å². The summed E-state index contributed by atoms with van der Waals surface area (Å²) in [6.45, 7) is 0.565. The molecule has 0 bridgehead atoms. The van der Waals surface area contributed by atoms with Crippen molar-refractivity contribution in [1.82, 2.24) is 5.43 Å². The zero-order valence-corrected chi connectivity index (χ0v) is 9.17. The molecule has 0 aliphatic rings. The lowest BCUT2D eigenvalue weighted by atomic mass is 10.0. The smallest absolute Gasteiger partial charge is 0.163 e. The summed E-state index contributed by atoms with van der Waals surface area (Å²) in [5, 5.41) is 0. The summed E-state index contributed by atoms with van der Waals surface area (Å²) in [4.78, 5) is 0. The van der Waals surface area contributed by atoms with E-state index in [4.69, 9.17) is 10.6 Å². The molecule has 3 nitrogen and oxygen atoms in total. The normalized spacial score (nSPS) is 12.8. The predicted molar refractivity (Wildman–Crippen MR) is 57.5 cm³/mol. The Bertz CT molecular complexity index is 334. The second-order valence-electron chi connectivity index (χ2n) is 3.50. The summed E-state index contributed by atoms with van der Waals surface area (Å²) >= 11 is 0. The van der Waals surface area contributed by atoms with Gasteiger partial charge in [0, 0.05) is 25.3 Å². The number of hydrazine groups is 1. The Morgan fingerprint density at radius 1 is 1.44 bits per heavy atom. The topological polar surface area (TPSA) is 47.3 Å². The summed E-state index contributed by atoms with van der Waals surface area (Å²) < 4.78 is 31.3. The first-order chi connectivity index (χ1) is 7.70. The van der Waals surface area contributed by atoms with Crippen LogP contribution in [-0.2, 0) is 4.74 Å². The number of nitrogens with two attached hydrogens (primary N) is 1. The van der Waals surface area contributed by atoms with E-state index in [1.165, 1.54) is 12.1 Å². The molecule has 1 atom stereocenters. The molecule has 5 heteroatoms. The van der Waals surface area contributed by atoms with E-state index in [0.717, 1.165) is 12.5 Å². The van der Waals surface area contributed by atoms with Gasteiger partial charge in [0.15, 0.2) is 11.6 Å². The minimum absolute atomic E-state index is 0.249. The van der Waals surface area contributed by atoms with E-state index in [1.807, 2.05) is 0 Å². The third kappa shape index (κ3) is 3.23. The first-order valence-electron chi connectivity index (χ1n) is 5.09. The van der Waals surface area contributed by atoms with E-state index in [9.17, 15) is 8.78 Å². The molecule has 0 radical (unpaired) electrons. The largest absolute Gasteiger partial charge is 0.385 e. The van der Waals surface area contributed by atoms with Crippen LogP contribution in [0.5, 0.6) is 0 Å². The van der Waals surface area contributed by atoms with Gasteiger partial charge in [-0.3, -0.25) is 11.3 Å². The zero-order valence-electron chi connectivity index (χ0n) is 9.17. The Balaban J connectivity index is 2.74. The van der Waals surface area contributed by atoms with E-state index in [0.29, 0.717) is 13.0 Å². The molecule has 0 aliphatic heterocycles. The molecule has 1 aromatic carbocycles. The van der Waals surface area contributed by atoms with Crippen molar-refractivity contribution >= 4 is 0 Å². The van der Waals surface area contributed by atoms with Crippen LogP contribution in [0.25, 0.3) is 0 Å². The average molecular weight is 230 g/mol. The van der Waals surface area contributed by atoms with Crippen molar-refractivity contribution < 1.29 is 13.5 Å². The Morgan fingerprint density at radius 3 is 2.81 bits per heavy atom. The molecular formula is C11H16F2N2O. The van der Waals surface area contributed by atoms with Crippen molar-refractivity contribution in [3.8, 4) is 0 Å². The summed E-state index contributed by atoms with van der Waals surface area (Å²) in [7, 11) is 1.59. The van der Waals surface area contributed by atoms with Gasteiger partial charge in [0.25, 0.3) is 0 Å². The summed E-state index contributed by atoms with van der Waals surface area (Å²) in [5.74, 6) is 3.62. The van der Waals surface area contributed by atoms with Crippen LogP contribution in [0.4, 0.5) is 8.78 Å². The quantitative estimate of drug-likeness (QED) is 0.446. The number of rotatable bonds is 6. The second kappa shape index (κ2) is 6.52. The van der Waals surface area contributed by atoms with Gasteiger partial charge in [0.05, 0.1) is 0 Å². The highest BCUT2D eigenvalue weighted by Crippen LogP contribution is 2.22. The molecule has 0 amide bonds. The molecule has 0 aromatic heterocycles. The monoisotopic (exact) mass is 230 g/mol. The summed E-state index contributed by atoms with van der Waals surface area (Å²) in [5.41, 5.74) is 2.73. The van der Waals surface area contributed by atoms with Crippen LogP contribution < -0.4 is 11.3 Å². The van der Waals surface area contributed by atoms with Crippen LogP contribution in [-0.4, -0.2) is 13.7 Å². The molecule has 1 rings (SSSR count). The molecule has 0 heterocycles. The number of hydrogen-bond donors (Lipinski definition) is 2. The minimum atomic E-state index is -0.857. The van der Waals surface area contributed by atoms with Crippen molar-refractivity contribution in [3.05, 3.63) is 35.4 Å². The van der Waals surface area contributed by atoms with Gasteiger partial charge in [-0.05, 0) is 18.9 Å². The van der Waals surface area contributed by atoms with Crippen molar-refractivity contribution in [2.45, 2.75) is 18.9 Å². The number of hydrogen-bond acceptors (Lipinski definition) is 3. The SMILES string of the molecule is COCCCC(NN)c1cccc(F)c1F. The number of nitrogens with one attached hydrogen (secondary N) is 1. The first kappa shape index (κ1) is 13.0. The van der Waals surface area contributed by atoms with Gasteiger partial charge in [0.2, 0.25) is 0 Å². The van der Waals surface area contributed by atoms with E-state index >= 15 is 0 Å². The molecular weight excluding hydrogens is 214 g/mol. The van der Waals surface area contributed by atoms with Crippen molar-refractivity contribution in [1.29, 1.82) is 0 Å². The highest BCUT2D eigenvalue weighted by Gasteiger charge is 2.16. The summed E-state index contributed by atoms with van der Waals surface area (Å²) in [6.07, 6.45) is 1.31. The van der Waals surface area contributed by atoms with Gasteiger partial charge in [-0.25, -0.2) is 8.78 Å². The average Bonchev–Trinajstić information content (AvgIpc) is 2.29. The highest BCUT2D eigenvalue weighted by atomic mass is 19.2. The van der Waals surface area contributed by atoms with Crippen molar-refractivity contribution in [3.63, 3.8) is 0 Å². The third-order valence-corrected chi connectivity index (χ3v) is 2.40. The van der Waals surface area contributed by atoms with Crippen LogP contribution in [0.15, 0.2) is 18.2 Å². The van der Waals surface area contributed by atoms with Gasteiger partial charge >= 0.3 is 0 Å². The summed E-state index contributed by atoms with van der Waals surface area (Å²) in [6, 6.07) is 3.68. The third-order valence-electron chi connectivity index (χ3n) is 2.40. The molecule has 0 spiro atoms. The van der Waals surface area contributed by atoms with Gasteiger partial charge in [-0.1, -0.05) is 12.1 Å². The number of methoxy groups -OCH3 is 1. The predicted octanol–water partition coefficient (Wildman–Crippen LogP) is 1.90. The van der Waals surface area contributed by atoms with Crippen LogP contribution in [0, 0.1) is 11.6 Å². The Morgan fingerprint density at radius 2 is 2.19 bits per heavy atom. The van der Waals surface area contributed by atoms with Gasteiger partial charge in [-0.2, -0.15) is 0 Å². The lowest BCUT2D eigenvalue weighted by Crippen LogP contribution is -2.29. The second-order valence-corrected chi connectivity index (χ2v) is 3.50. The standard InChI is InChI=1S/C11H16F2N2O/c1-16-7-3-6-10(15-14)8-4-2-5-9(12)11(8)13/h2,4-5,10,15H,3,6-7,14H2,1H3. The zero-order chi connectivity index (χ0) is 12.0. The molecule has 90 valence electrons. The molecule has 0 saturated heterocycles. The number of halogens is 2. The van der Waals surface area contributed by atoms with Gasteiger partial charge in [0.1, 0.15) is 0 Å². The molecule has 0 saturated carbocycles.